The van der Waals surface area contributed by atoms with E-state index >= 15 is 0 Å². The first-order chi connectivity index (χ1) is 16.4. The van der Waals surface area contributed by atoms with Crippen LogP contribution in [0.15, 0.2) is 72.9 Å². The van der Waals surface area contributed by atoms with Crippen molar-refractivity contribution in [2.24, 2.45) is 7.05 Å². The van der Waals surface area contributed by atoms with Crippen molar-refractivity contribution in [3.8, 4) is 5.75 Å². The number of amides is 2. The largest absolute Gasteiger partial charge is 0.495 e. The second kappa shape index (κ2) is 8.54. The van der Waals surface area contributed by atoms with E-state index in [1.54, 1.807) is 43.3 Å². The molecule has 2 heterocycles. The van der Waals surface area contributed by atoms with Crippen LogP contribution in [0.1, 0.15) is 33.4 Å². The molecule has 172 valence electrons. The Morgan fingerprint density at radius 2 is 1.74 bits per heavy atom. The van der Waals surface area contributed by atoms with Gasteiger partial charge in [-0.05, 0) is 35.9 Å². The first-order valence-corrected chi connectivity index (χ1v) is 11.3. The lowest BCUT2D eigenvalue weighted by Crippen LogP contribution is -2.44. The van der Waals surface area contributed by atoms with E-state index in [-0.39, 0.29) is 11.8 Å². The molecule has 2 atom stereocenters. The zero-order valence-corrected chi connectivity index (χ0v) is 19.8. The zero-order valence-electron chi connectivity index (χ0n) is 19.1. The van der Waals surface area contributed by atoms with Crippen LogP contribution in [0.4, 0.5) is 5.69 Å². The molecule has 0 unspecified atom stereocenters. The third-order valence-electron chi connectivity index (χ3n) is 6.53. The number of hydrogen-bond acceptors (Lipinski definition) is 3. The molecule has 0 fully saturated rings. The Bertz CT molecular complexity index is 1430. The summed E-state index contributed by atoms with van der Waals surface area (Å²) in [4.78, 5) is 29.0. The summed E-state index contributed by atoms with van der Waals surface area (Å²) in [6.45, 7) is 0. The second-order valence-corrected chi connectivity index (χ2v) is 8.91. The number of likely N-dealkylation sites (N-methyl/N-ethyl adjacent to an activating group) is 1. The van der Waals surface area contributed by atoms with Crippen molar-refractivity contribution in [1.29, 1.82) is 0 Å². The van der Waals surface area contributed by atoms with Crippen molar-refractivity contribution < 1.29 is 14.3 Å². The number of methoxy groups -OCH3 is 1. The normalized spacial score (nSPS) is 17.5. The van der Waals surface area contributed by atoms with Crippen LogP contribution in [0.3, 0.4) is 0 Å². The second-order valence-electron chi connectivity index (χ2n) is 8.47. The van der Waals surface area contributed by atoms with Gasteiger partial charge in [0.05, 0.1) is 24.8 Å². The monoisotopic (exact) mass is 473 g/mol. The van der Waals surface area contributed by atoms with E-state index in [2.05, 4.69) is 5.32 Å². The molecular weight excluding hydrogens is 450 g/mol. The molecule has 4 aromatic rings. The third kappa shape index (κ3) is 3.51. The number of carbonyl (C=O) groups is 2. The van der Waals surface area contributed by atoms with E-state index in [1.807, 2.05) is 60.3 Å². The standard InChI is InChI=1S/C27H24ClN3O3/c1-30-15-20(17-8-6-7-11-22(17)30)25-24(18-9-4-5-10-19(18)27(33)31(25)2)26(32)29-21-14-16(28)12-13-23(21)34-3/h4-15,24-25H,1-3H3,(H,29,32)/t24-,25-/m0/s1. The van der Waals surface area contributed by atoms with Crippen LogP contribution >= 0.6 is 11.6 Å². The Labute approximate surface area is 202 Å². The topological polar surface area (TPSA) is 63.6 Å². The number of benzene rings is 3. The summed E-state index contributed by atoms with van der Waals surface area (Å²) in [5.41, 5.74) is 3.66. The summed E-state index contributed by atoms with van der Waals surface area (Å²) in [6.07, 6.45) is 2.01. The maximum Gasteiger partial charge on any atom is 0.254 e. The van der Waals surface area contributed by atoms with E-state index in [0.29, 0.717) is 27.6 Å². The fourth-order valence-electron chi connectivity index (χ4n) is 4.94. The van der Waals surface area contributed by atoms with E-state index in [9.17, 15) is 9.59 Å². The summed E-state index contributed by atoms with van der Waals surface area (Å²) < 4.78 is 7.45. The van der Waals surface area contributed by atoms with Gasteiger partial charge in [0.1, 0.15) is 5.75 Å². The Balaban J connectivity index is 1.68. The molecule has 0 spiro atoms. The Kier molecular flexibility index (Phi) is 5.54. The number of fused-ring (bicyclic) bond motifs is 2. The van der Waals surface area contributed by atoms with Crippen LogP contribution in [0.25, 0.3) is 10.9 Å². The molecule has 2 amide bonds. The third-order valence-corrected chi connectivity index (χ3v) is 6.76. The van der Waals surface area contributed by atoms with E-state index in [1.165, 1.54) is 0 Å². The minimum atomic E-state index is -0.645. The average Bonchev–Trinajstić information content (AvgIpc) is 3.17. The molecule has 0 bridgehead atoms. The summed E-state index contributed by atoms with van der Waals surface area (Å²) >= 11 is 6.20. The van der Waals surface area contributed by atoms with Gasteiger partial charge in [-0.25, -0.2) is 0 Å². The molecule has 1 N–H and O–H groups in total. The van der Waals surface area contributed by atoms with Crippen molar-refractivity contribution >= 4 is 40.0 Å². The van der Waals surface area contributed by atoms with E-state index in [4.69, 9.17) is 16.3 Å². The molecule has 7 heteroatoms. The summed E-state index contributed by atoms with van der Waals surface area (Å²) in [6, 6.07) is 19.9. The number of ether oxygens (including phenoxy) is 1. The van der Waals surface area contributed by atoms with Crippen LogP contribution in [-0.4, -0.2) is 35.4 Å². The SMILES string of the molecule is COc1ccc(Cl)cc1NC(=O)[C@H]1c2ccccc2C(=O)N(C)[C@H]1c1cn(C)c2ccccc12. The minimum absolute atomic E-state index is 0.113. The first-order valence-electron chi connectivity index (χ1n) is 10.9. The Morgan fingerprint density at radius 1 is 1.00 bits per heavy atom. The first kappa shape index (κ1) is 22.0. The number of halogens is 1. The maximum atomic E-state index is 13.9. The van der Waals surface area contributed by atoms with Crippen molar-refractivity contribution in [1.82, 2.24) is 9.47 Å². The highest BCUT2D eigenvalue weighted by molar-refractivity contribution is 6.31. The molecule has 6 nitrogen and oxygen atoms in total. The molecule has 0 saturated heterocycles. The van der Waals surface area contributed by atoms with E-state index in [0.717, 1.165) is 16.5 Å². The number of nitrogens with one attached hydrogen (secondary N) is 1. The van der Waals surface area contributed by atoms with Crippen LogP contribution in [-0.2, 0) is 11.8 Å². The molecule has 1 aromatic heterocycles. The highest BCUT2D eigenvalue weighted by Crippen LogP contribution is 2.45. The molecule has 0 radical (unpaired) electrons. The number of para-hydroxylation sites is 1. The van der Waals surface area contributed by atoms with Crippen molar-refractivity contribution in [3.63, 3.8) is 0 Å². The summed E-state index contributed by atoms with van der Waals surface area (Å²) in [5, 5.41) is 4.50. The van der Waals surface area contributed by atoms with Gasteiger partial charge >= 0.3 is 0 Å². The molecule has 1 aliphatic heterocycles. The fraction of sp³-hybridized carbons (Fsp3) is 0.185. The van der Waals surface area contributed by atoms with Gasteiger partial charge in [-0.1, -0.05) is 48.0 Å². The lowest BCUT2D eigenvalue weighted by atomic mass is 9.79. The van der Waals surface area contributed by atoms with E-state index < -0.39 is 12.0 Å². The van der Waals surface area contributed by atoms with Crippen molar-refractivity contribution in [3.05, 3.63) is 94.6 Å². The Hall–Kier alpha value is -3.77. The van der Waals surface area contributed by atoms with Crippen LogP contribution in [0.5, 0.6) is 5.75 Å². The quantitative estimate of drug-likeness (QED) is 0.432. The van der Waals surface area contributed by atoms with Gasteiger partial charge in [0.2, 0.25) is 5.91 Å². The fourth-order valence-corrected chi connectivity index (χ4v) is 5.11. The highest BCUT2D eigenvalue weighted by Gasteiger charge is 2.43. The summed E-state index contributed by atoms with van der Waals surface area (Å²) in [5.74, 6) is -0.496. The number of hydrogen-bond donors (Lipinski definition) is 1. The van der Waals surface area contributed by atoms with Crippen molar-refractivity contribution in [2.45, 2.75) is 12.0 Å². The van der Waals surface area contributed by atoms with Crippen LogP contribution in [0.2, 0.25) is 5.02 Å². The summed E-state index contributed by atoms with van der Waals surface area (Å²) in [7, 11) is 5.27. The molecule has 0 aliphatic carbocycles. The predicted molar refractivity (Wildman–Crippen MR) is 134 cm³/mol. The van der Waals surface area contributed by atoms with Gasteiger partial charge in [0.25, 0.3) is 5.91 Å². The van der Waals surface area contributed by atoms with Crippen molar-refractivity contribution in [2.75, 3.05) is 19.5 Å². The average molecular weight is 474 g/mol. The van der Waals surface area contributed by atoms with Crippen LogP contribution < -0.4 is 10.1 Å². The number of aryl methyl sites for hydroxylation is 1. The molecular formula is C27H24ClN3O3. The molecule has 3 aromatic carbocycles. The predicted octanol–water partition coefficient (Wildman–Crippen LogP) is 5.39. The number of anilines is 1. The van der Waals surface area contributed by atoms with Crippen LogP contribution in [0, 0.1) is 0 Å². The number of rotatable bonds is 4. The highest BCUT2D eigenvalue weighted by atomic mass is 35.5. The molecule has 0 saturated carbocycles. The zero-order chi connectivity index (χ0) is 24.0. The number of carbonyl (C=O) groups excluding carboxylic acids is 2. The lowest BCUT2D eigenvalue weighted by Gasteiger charge is -2.39. The van der Waals surface area contributed by atoms with Gasteiger partial charge < -0.3 is 19.5 Å². The Morgan fingerprint density at radius 3 is 2.53 bits per heavy atom. The maximum absolute atomic E-state index is 13.9. The lowest BCUT2D eigenvalue weighted by molar-refractivity contribution is -0.119. The number of nitrogens with zero attached hydrogens (tertiary/aromatic N) is 2. The number of aromatic nitrogens is 1. The van der Waals surface area contributed by atoms with Gasteiger partial charge in [-0.2, -0.15) is 0 Å². The molecule has 34 heavy (non-hydrogen) atoms. The van der Waals surface area contributed by atoms with Gasteiger partial charge in [0, 0.05) is 47.3 Å². The van der Waals surface area contributed by atoms with Gasteiger partial charge in [0.15, 0.2) is 0 Å². The van der Waals surface area contributed by atoms with Gasteiger partial charge in [-0.3, -0.25) is 9.59 Å². The smallest absolute Gasteiger partial charge is 0.254 e. The van der Waals surface area contributed by atoms with Gasteiger partial charge in [-0.15, -0.1) is 0 Å². The molecule has 1 aliphatic rings. The molecule has 5 rings (SSSR count). The minimum Gasteiger partial charge on any atom is -0.495 e.